The van der Waals surface area contributed by atoms with Gasteiger partial charge in [-0.1, -0.05) is 104 Å². The zero-order valence-corrected chi connectivity index (χ0v) is 25.3. The van der Waals surface area contributed by atoms with Crippen molar-refractivity contribution in [2.75, 3.05) is 4.90 Å². The minimum Gasteiger partial charge on any atom is -0.456 e. The van der Waals surface area contributed by atoms with E-state index in [9.17, 15) is 0 Å². The van der Waals surface area contributed by atoms with Gasteiger partial charge in [-0.3, -0.25) is 0 Å². The highest BCUT2D eigenvalue weighted by atomic mass is 16.3. The van der Waals surface area contributed by atoms with Crippen LogP contribution in [0.4, 0.5) is 11.4 Å². The molecule has 3 heteroatoms. The van der Waals surface area contributed by atoms with Gasteiger partial charge in [0.2, 0.25) is 0 Å². The number of hydrogen-bond acceptors (Lipinski definition) is 3. The molecule has 0 aliphatic heterocycles. The Bertz CT molecular complexity index is 2640. The molecule has 3 nitrogen and oxygen atoms in total. The molecule has 1 unspecified atom stereocenters. The van der Waals surface area contributed by atoms with E-state index in [0.29, 0.717) is 6.54 Å². The molecule has 0 N–H and O–H groups in total. The molecule has 1 aliphatic rings. The molecule has 2 aromatic heterocycles. The minimum atomic E-state index is 0.214. The number of anilines is 2. The summed E-state index contributed by atoms with van der Waals surface area (Å²) in [5.74, 6) is 0.214. The summed E-state index contributed by atoms with van der Waals surface area (Å²) in [5, 5.41) is 7.28. The van der Waals surface area contributed by atoms with Crippen LogP contribution in [0.5, 0.6) is 0 Å². The Hall–Kier alpha value is -5.80. The van der Waals surface area contributed by atoms with Crippen molar-refractivity contribution in [2.24, 2.45) is 0 Å². The number of rotatable bonds is 4. The van der Waals surface area contributed by atoms with Crippen molar-refractivity contribution in [3.63, 3.8) is 0 Å². The van der Waals surface area contributed by atoms with Crippen LogP contribution in [0, 0.1) is 0 Å². The molecule has 0 radical (unpaired) electrons. The summed E-state index contributed by atoms with van der Waals surface area (Å²) in [6, 6.07) is 49.7. The van der Waals surface area contributed by atoms with E-state index < -0.39 is 0 Å². The first-order chi connectivity index (χ1) is 22.7. The molecular weight excluding hydrogens is 562 g/mol. The Morgan fingerprint density at radius 1 is 0.543 bits per heavy atom. The molecule has 0 fully saturated rings. The lowest BCUT2D eigenvalue weighted by Gasteiger charge is -2.26. The number of hydrogen-bond donors (Lipinski definition) is 0. The topological polar surface area (TPSA) is 29.5 Å². The third-order valence-electron chi connectivity index (χ3n) is 9.98. The fraction of sp³-hybridized carbons (Fsp3) is 0.0698. The van der Waals surface area contributed by atoms with E-state index in [0.717, 1.165) is 33.4 Å². The first-order valence-corrected chi connectivity index (χ1v) is 16.0. The predicted molar refractivity (Wildman–Crippen MR) is 190 cm³/mol. The SMILES string of the molecule is CC1c2cc(N(Cc3cccc4oc5ccccc5c34)c3ccccc3)ccc2-c2c1c1ccccc1c1c2oc2ccccc21. The Balaban J connectivity index is 1.18. The van der Waals surface area contributed by atoms with Crippen LogP contribution in [0.3, 0.4) is 0 Å². The predicted octanol–water partition coefficient (Wildman–Crippen LogP) is 12.1. The van der Waals surface area contributed by atoms with Gasteiger partial charge in [0.05, 0.1) is 0 Å². The second kappa shape index (κ2) is 9.60. The minimum absolute atomic E-state index is 0.214. The van der Waals surface area contributed by atoms with E-state index in [4.69, 9.17) is 8.83 Å². The normalized spacial score (nSPS) is 14.1. The van der Waals surface area contributed by atoms with Gasteiger partial charge in [-0.25, -0.2) is 0 Å². The third kappa shape index (κ3) is 3.54. The number of para-hydroxylation sites is 3. The van der Waals surface area contributed by atoms with Crippen LogP contribution in [-0.2, 0) is 6.54 Å². The van der Waals surface area contributed by atoms with Gasteiger partial charge < -0.3 is 13.7 Å². The monoisotopic (exact) mass is 591 g/mol. The lowest BCUT2D eigenvalue weighted by Crippen LogP contribution is -2.17. The van der Waals surface area contributed by atoms with Crippen molar-refractivity contribution in [3.05, 3.63) is 156 Å². The molecule has 0 spiro atoms. The van der Waals surface area contributed by atoms with Gasteiger partial charge in [-0.15, -0.1) is 0 Å². The van der Waals surface area contributed by atoms with Crippen molar-refractivity contribution >= 4 is 66.0 Å². The highest BCUT2D eigenvalue weighted by Gasteiger charge is 2.33. The van der Waals surface area contributed by atoms with E-state index >= 15 is 0 Å². The fourth-order valence-electron chi connectivity index (χ4n) is 7.95. The summed E-state index contributed by atoms with van der Waals surface area (Å²) in [5.41, 5.74) is 12.5. The summed E-state index contributed by atoms with van der Waals surface area (Å²) in [6.07, 6.45) is 0. The Morgan fingerprint density at radius 3 is 2.00 bits per heavy atom. The van der Waals surface area contributed by atoms with Crippen molar-refractivity contribution in [1.29, 1.82) is 0 Å². The molecule has 0 amide bonds. The molecule has 46 heavy (non-hydrogen) atoms. The van der Waals surface area contributed by atoms with Crippen molar-refractivity contribution in [3.8, 4) is 11.1 Å². The third-order valence-corrected chi connectivity index (χ3v) is 9.98. The summed E-state index contributed by atoms with van der Waals surface area (Å²) in [7, 11) is 0. The summed E-state index contributed by atoms with van der Waals surface area (Å²) >= 11 is 0. The van der Waals surface area contributed by atoms with Crippen molar-refractivity contribution in [2.45, 2.75) is 19.4 Å². The summed E-state index contributed by atoms with van der Waals surface area (Å²) in [6.45, 7) is 3.06. The van der Waals surface area contributed by atoms with E-state index in [1.54, 1.807) is 0 Å². The zero-order valence-electron chi connectivity index (χ0n) is 25.3. The van der Waals surface area contributed by atoms with Crippen LogP contribution in [0.1, 0.15) is 29.5 Å². The smallest absolute Gasteiger partial charge is 0.144 e. The maximum Gasteiger partial charge on any atom is 0.144 e. The molecule has 9 aromatic rings. The molecule has 2 heterocycles. The fourth-order valence-corrected chi connectivity index (χ4v) is 7.95. The first kappa shape index (κ1) is 25.5. The van der Waals surface area contributed by atoms with Crippen LogP contribution < -0.4 is 4.90 Å². The largest absolute Gasteiger partial charge is 0.456 e. The average molecular weight is 592 g/mol. The molecule has 218 valence electrons. The van der Waals surface area contributed by atoms with Gasteiger partial charge in [-0.05, 0) is 75.5 Å². The van der Waals surface area contributed by atoms with Crippen LogP contribution >= 0.6 is 0 Å². The van der Waals surface area contributed by atoms with Gasteiger partial charge in [0, 0.05) is 50.9 Å². The van der Waals surface area contributed by atoms with Gasteiger partial charge in [0.15, 0.2) is 0 Å². The van der Waals surface area contributed by atoms with Crippen LogP contribution in [0.15, 0.2) is 148 Å². The molecule has 1 atom stereocenters. The highest BCUT2D eigenvalue weighted by Crippen LogP contribution is 2.54. The maximum absolute atomic E-state index is 6.68. The second-order valence-corrected chi connectivity index (χ2v) is 12.4. The van der Waals surface area contributed by atoms with E-state index in [2.05, 4.69) is 145 Å². The van der Waals surface area contributed by atoms with Gasteiger partial charge in [-0.2, -0.15) is 0 Å². The molecule has 7 aromatic carbocycles. The molecular formula is C43H29NO2. The van der Waals surface area contributed by atoms with E-state index in [1.165, 1.54) is 60.4 Å². The van der Waals surface area contributed by atoms with Crippen molar-refractivity contribution < 1.29 is 8.83 Å². The maximum atomic E-state index is 6.68. The number of furan rings is 2. The van der Waals surface area contributed by atoms with E-state index in [-0.39, 0.29) is 5.92 Å². The Kier molecular flexibility index (Phi) is 5.32. The van der Waals surface area contributed by atoms with Crippen LogP contribution in [-0.4, -0.2) is 0 Å². The number of fused-ring (bicyclic) bond motifs is 13. The van der Waals surface area contributed by atoms with Crippen LogP contribution in [0.2, 0.25) is 0 Å². The number of benzene rings is 7. The standard InChI is InChI=1S/C43H29NO2/c1-26-35-24-29(44(28-13-3-2-4-14-28)25-27-12-11-21-38-40(27)33-17-7-9-19-36(33)45-38)22-23-32(35)42-39(26)30-15-5-6-16-31(30)41-34-18-8-10-20-37(34)46-43(41)42/h2-24,26H,25H2,1H3. The number of nitrogens with zero attached hydrogens (tertiary/aromatic N) is 1. The highest BCUT2D eigenvalue weighted by molar-refractivity contribution is 6.24. The Morgan fingerprint density at radius 2 is 1.20 bits per heavy atom. The molecule has 10 rings (SSSR count). The first-order valence-electron chi connectivity index (χ1n) is 16.0. The summed E-state index contributed by atoms with van der Waals surface area (Å²) < 4.78 is 12.9. The molecule has 0 saturated carbocycles. The summed E-state index contributed by atoms with van der Waals surface area (Å²) in [4.78, 5) is 2.43. The zero-order chi connectivity index (χ0) is 30.4. The van der Waals surface area contributed by atoms with Gasteiger partial charge in [0.1, 0.15) is 22.3 Å². The molecule has 0 saturated heterocycles. The Labute approximate surface area is 265 Å². The van der Waals surface area contributed by atoms with Crippen molar-refractivity contribution in [1.82, 2.24) is 0 Å². The van der Waals surface area contributed by atoms with Gasteiger partial charge >= 0.3 is 0 Å². The lowest BCUT2D eigenvalue weighted by atomic mass is 9.91. The second-order valence-electron chi connectivity index (χ2n) is 12.4. The van der Waals surface area contributed by atoms with Crippen LogP contribution in [0.25, 0.3) is 65.8 Å². The quantitative estimate of drug-likeness (QED) is 0.204. The van der Waals surface area contributed by atoms with Gasteiger partial charge in [0.25, 0.3) is 0 Å². The molecule has 1 aliphatic carbocycles. The molecule has 0 bridgehead atoms. The average Bonchev–Trinajstić information content (AvgIpc) is 3.78. The van der Waals surface area contributed by atoms with E-state index in [1.807, 2.05) is 6.07 Å². The lowest BCUT2D eigenvalue weighted by molar-refractivity contribution is 0.668.